The summed E-state index contributed by atoms with van der Waals surface area (Å²) in [5.41, 5.74) is 15.0. The van der Waals surface area contributed by atoms with Gasteiger partial charge in [0.1, 0.15) is 5.75 Å². The van der Waals surface area contributed by atoms with Crippen LogP contribution in [0, 0.1) is 0 Å². The maximum absolute atomic E-state index is 12.1. The molecule has 3 rings (SSSR count). The van der Waals surface area contributed by atoms with Gasteiger partial charge in [-0.3, -0.25) is 4.79 Å². The summed E-state index contributed by atoms with van der Waals surface area (Å²) in [6.45, 7) is -0.0629. The number of hydrogen-bond acceptors (Lipinski definition) is 5. The first-order chi connectivity index (χ1) is 12.6. The second-order valence-corrected chi connectivity index (χ2v) is 5.70. The van der Waals surface area contributed by atoms with Gasteiger partial charge in [-0.05, 0) is 48.5 Å². The molecule has 0 bridgehead atoms. The van der Waals surface area contributed by atoms with Crippen LogP contribution in [-0.4, -0.2) is 12.5 Å². The van der Waals surface area contributed by atoms with Crippen LogP contribution >= 0.6 is 0 Å². The van der Waals surface area contributed by atoms with Crippen molar-refractivity contribution in [1.29, 1.82) is 0 Å². The zero-order chi connectivity index (χ0) is 18.4. The molecule has 26 heavy (non-hydrogen) atoms. The summed E-state index contributed by atoms with van der Waals surface area (Å²) in [6.07, 6.45) is 0. The Labute approximate surface area is 151 Å². The summed E-state index contributed by atoms with van der Waals surface area (Å²) in [6, 6.07) is 21.8. The normalized spacial score (nSPS) is 10.2. The molecular weight excluding hydrogens is 328 g/mol. The van der Waals surface area contributed by atoms with Gasteiger partial charge in [0.2, 0.25) is 0 Å². The molecular formula is C20H20N4O2. The number of anilines is 5. The average molecular weight is 348 g/mol. The number of ether oxygens (including phenoxy) is 1. The smallest absolute Gasteiger partial charge is 0.262 e. The minimum atomic E-state index is -0.238. The first-order valence-corrected chi connectivity index (χ1v) is 8.10. The van der Waals surface area contributed by atoms with Gasteiger partial charge >= 0.3 is 0 Å². The highest BCUT2D eigenvalue weighted by Gasteiger charge is 2.05. The summed E-state index contributed by atoms with van der Waals surface area (Å²) < 4.78 is 5.44. The minimum absolute atomic E-state index is 0.0629. The highest BCUT2D eigenvalue weighted by atomic mass is 16.5. The van der Waals surface area contributed by atoms with Crippen molar-refractivity contribution in [3.05, 3.63) is 72.8 Å². The van der Waals surface area contributed by atoms with Crippen LogP contribution in [0.25, 0.3) is 0 Å². The molecule has 0 unspecified atom stereocenters. The molecule has 3 aromatic rings. The molecule has 0 heterocycles. The van der Waals surface area contributed by atoms with E-state index in [2.05, 4.69) is 10.6 Å². The van der Waals surface area contributed by atoms with Gasteiger partial charge in [0.15, 0.2) is 6.61 Å². The van der Waals surface area contributed by atoms with E-state index in [1.54, 1.807) is 30.3 Å². The fourth-order valence-corrected chi connectivity index (χ4v) is 2.39. The van der Waals surface area contributed by atoms with E-state index in [9.17, 15) is 4.79 Å². The highest BCUT2D eigenvalue weighted by Crippen LogP contribution is 2.26. The van der Waals surface area contributed by atoms with E-state index < -0.39 is 0 Å². The van der Waals surface area contributed by atoms with Crippen LogP contribution in [0.4, 0.5) is 28.4 Å². The molecule has 6 heteroatoms. The minimum Gasteiger partial charge on any atom is -0.484 e. The lowest BCUT2D eigenvalue weighted by atomic mass is 10.2. The Kier molecular flexibility index (Phi) is 5.24. The summed E-state index contributed by atoms with van der Waals surface area (Å²) in [7, 11) is 0. The van der Waals surface area contributed by atoms with E-state index in [-0.39, 0.29) is 12.5 Å². The van der Waals surface area contributed by atoms with Gasteiger partial charge in [0.25, 0.3) is 5.91 Å². The number of carbonyl (C=O) groups is 1. The van der Waals surface area contributed by atoms with Crippen molar-refractivity contribution in [2.24, 2.45) is 0 Å². The molecule has 6 N–H and O–H groups in total. The Morgan fingerprint density at radius 3 is 2.42 bits per heavy atom. The van der Waals surface area contributed by atoms with Gasteiger partial charge in [0, 0.05) is 17.1 Å². The largest absolute Gasteiger partial charge is 0.484 e. The summed E-state index contributed by atoms with van der Waals surface area (Å²) in [4.78, 5) is 12.1. The topological polar surface area (TPSA) is 102 Å². The van der Waals surface area contributed by atoms with Crippen LogP contribution in [0.2, 0.25) is 0 Å². The molecule has 0 aromatic heterocycles. The summed E-state index contributed by atoms with van der Waals surface area (Å²) in [5.74, 6) is 0.412. The zero-order valence-electron chi connectivity index (χ0n) is 14.1. The predicted octanol–water partition coefficient (Wildman–Crippen LogP) is 3.61. The molecule has 132 valence electrons. The molecule has 0 spiro atoms. The van der Waals surface area contributed by atoms with Crippen LogP contribution in [0.15, 0.2) is 72.8 Å². The fraction of sp³-hybridized carbons (Fsp3) is 0.0500. The number of benzene rings is 3. The average Bonchev–Trinajstić information content (AvgIpc) is 2.64. The van der Waals surface area contributed by atoms with E-state index in [4.69, 9.17) is 16.2 Å². The van der Waals surface area contributed by atoms with Crippen molar-refractivity contribution in [2.45, 2.75) is 0 Å². The zero-order valence-corrected chi connectivity index (χ0v) is 14.1. The number of hydrogen-bond donors (Lipinski definition) is 4. The van der Waals surface area contributed by atoms with Crippen molar-refractivity contribution < 1.29 is 9.53 Å². The third-order valence-corrected chi connectivity index (χ3v) is 3.61. The molecule has 0 fully saturated rings. The molecule has 0 atom stereocenters. The number of amides is 1. The second kappa shape index (κ2) is 7.94. The van der Waals surface area contributed by atoms with E-state index in [1.807, 2.05) is 42.5 Å². The van der Waals surface area contributed by atoms with Crippen LogP contribution < -0.4 is 26.8 Å². The van der Waals surface area contributed by atoms with Crippen LogP contribution in [0.1, 0.15) is 0 Å². The standard InChI is InChI=1S/C20H20N4O2/c21-14-9-10-19(18(22)11-14)23-15-5-4-6-16(12-15)24-20(25)13-26-17-7-2-1-3-8-17/h1-12,23H,13,21-22H2,(H,24,25). The number of nitrogen functional groups attached to an aromatic ring is 2. The van der Waals surface area contributed by atoms with Gasteiger partial charge in [-0.25, -0.2) is 0 Å². The first-order valence-electron chi connectivity index (χ1n) is 8.10. The summed E-state index contributed by atoms with van der Waals surface area (Å²) in [5, 5.41) is 6.01. The van der Waals surface area contributed by atoms with Gasteiger partial charge in [-0.2, -0.15) is 0 Å². The van der Waals surface area contributed by atoms with Crippen LogP contribution in [-0.2, 0) is 4.79 Å². The maximum atomic E-state index is 12.1. The highest BCUT2D eigenvalue weighted by molar-refractivity contribution is 5.92. The van der Waals surface area contributed by atoms with Crippen molar-refractivity contribution in [3.63, 3.8) is 0 Å². The number of rotatable bonds is 6. The van der Waals surface area contributed by atoms with Crippen molar-refractivity contribution in [1.82, 2.24) is 0 Å². The number of nitrogens with one attached hydrogen (secondary N) is 2. The van der Waals surface area contributed by atoms with Crippen LogP contribution in [0.5, 0.6) is 5.75 Å². The third-order valence-electron chi connectivity index (χ3n) is 3.61. The number of para-hydroxylation sites is 1. The van der Waals surface area contributed by atoms with Crippen molar-refractivity contribution >= 4 is 34.3 Å². The van der Waals surface area contributed by atoms with Crippen molar-refractivity contribution in [2.75, 3.05) is 28.7 Å². The Morgan fingerprint density at radius 2 is 1.65 bits per heavy atom. The summed E-state index contributed by atoms with van der Waals surface area (Å²) >= 11 is 0. The lowest BCUT2D eigenvalue weighted by Gasteiger charge is -2.12. The molecule has 0 aliphatic carbocycles. The predicted molar refractivity (Wildman–Crippen MR) is 106 cm³/mol. The van der Waals surface area contributed by atoms with E-state index in [0.717, 1.165) is 11.4 Å². The molecule has 0 aliphatic rings. The fourth-order valence-electron chi connectivity index (χ4n) is 2.39. The molecule has 1 amide bonds. The van der Waals surface area contributed by atoms with Gasteiger partial charge < -0.3 is 26.8 Å². The lowest BCUT2D eigenvalue weighted by Crippen LogP contribution is -2.20. The Morgan fingerprint density at radius 1 is 0.885 bits per heavy atom. The molecule has 3 aromatic carbocycles. The first kappa shape index (κ1) is 17.2. The van der Waals surface area contributed by atoms with Crippen LogP contribution in [0.3, 0.4) is 0 Å². The third kappa shape index (κ3) is 4.67. The van der Waals surface area contributed by atoms with Gasteiger partial charge in [-0.15, -0.1) is 0 Å². The Bertz CT molecular complexity index is 897. The number of nitrogens with two attached hydrogens (primary N) is 2. The second-order valence-electron chi connectivity index (χ2n) is 5.70. The van der Waals surface area contributed by atoms with Crippen molar-refractivity contribution in [3.8, 4) is 5.75 Å². The lowest BCUT2D eigenvalue weighted by molar-refractivity contribution is -0.118. The quantitative estimate of drug-likeness (QED) is 0.510. The monoisotopic (exact) mass is 348 g/mol. The number of carbonyl (C=O) groups excluding carboxylic acids is 1. The SMILES string of the molecule is Nc1ccc(Nc2cccc(NC(=O)COc3ccccc3)c2)c(N)c1. The maximum Gasteiger partial charge on any atom is 0.262 e. The Balaban J connectivity index is 1.60. The van der Waals surface area contributed by atoms with E-state index in [1.165, 1.54) is 0 Å². The van der Waals surface area contributed by atoms with E-state index >= 15 is 0 Å². The van der Waals surface area contributed by atoms with Gasteiger partial charge in [-0.1, -0.05) is 24.3 Å². The van der Waals surface area contributed by atoms with E-state index in [0.29, 0.717) is 22.8 Å². The molecule has 0 radical (unpaired) electrons. The molecule has 0 saturated heterocycles. The molecule has 0 saturated carbocycles. The molecule has 0 aliphatic heterocycles. The molecule has 6 nitrogen and oxygen atoms in total. The Hall–Kier alpha value is -3.67. The van der Waals surface area contributed by atoms with Gasteiger partial charge in [0.05, 0.1) is 11.4 Å².